The number of fused-ring (bicyclic) bond motifs is 1. The van der Waals surface area contributed by atoms with Gasteiger partial charge >= 0.3 is 0 Å². The number of nitrogens with zero attached hydrogens (tertiary/aromatic N) is 10. The average molecular weight is 2010 g/mol. The molecule has 12 nitrogen and oxygen atoms in total. The van der Waals surface area contributed by atoms with Gasteiger partial charge in [-0.25, -0.2) is 0 Å². The summed E-state index contributed by atoms with van der Waals surface area (Å²) in [5.74, 6) is 6.49. The number of piperidine rings is 1. The van der Waals surface area contributed by atoms with Gasteiger partial charge in [-0.15, -0.1) is 0 Å². The number of ether oxygens (including phenoxy) is 1. The third-order valence-corrected chi connectivity index (χ3v) is 36.2. The van der Waals surface area contributed by atoms with Gasteiger partial charge in [0.1, 0.15) is 23.0 Å². The van der Waals surface area contributed by atoms with Crippen molar-refractivity contribution in [2.24, 2.45) is 7.05 Å². The molecule has 708 valence electrons. The van der Waals surface area contributed by atoms with Crippen molar-refractivity contribution in [1.29, 1.82) is 0 Å². The lowest BCUT2D eigenvalue weighted by Gasteiger charge is -2.37. The van der Waals surface area contributed by atoms with Gasteiger partial charge in [-0.2, -0.15) is 0 Å². The van der Waals surface area contributed by atoms with Crippen molar-refractivity contribution in [3.8, 4) is 0 Å². The summed E-state index contributed by atoms with van der Waals surface area (Å²) in [5.41, 5.74) is 3.57. The van der Waals surface area contributed by atoms with E-state index >= 15 is 0 Å². The van der Waals surface area contributed by atoms with Gasteiger partial charge in [-0.3, -0.25) is 14.6 Å². The van der Waals surface area contributed by atoms with Gasteiger partial charge in [-0.1, -0.05) is 206 Å². The van der Waals surface area contributed by atoms with Gasteiger partial charge in [0.05, 0.1) is 110 Å². The maximum atomic E-state index is 11.8. The van der Waals surface area contributed by atoms with Gasteiger partial charge in [0.2, 0.25) is 5.78 Å². The second kappa shape index (κ2) is 60.5. The number of aryl methyl sites for hydroxylation is 2. The molecule has 0 bridgehead atoms. The Labute approximate surface area is 833 Å². The normalized spacial score (nSPS) is 17.2. The second-order valence-electron chi connectivity index (χ2n) is 36.5. The van der Waals surface area contributed by atoms with E-state index in [1.54, 1.807) is 12.0 Å². The van der Waals surface area contributed by atoms with Crippen LogP contribution < -0.4 is 34.0 Å². The Balaban J connectivity index is 0.000000184. The molecule has 0 unspecified atom stereocenters. The number of quaternary nitrogens is 2. The number of likely N-dealkylation sites (tertiary alicyclic amines) is 1. The molecule has 7 saturated heterocycles. The molecule has 0 atom stereocenters. The molecular formula is C113H155Br2N10O2S5+5. The minimum Gasteiger partial charge on any atom is -1.00 e. The zero-order valence-electron chi connectivity index (χ0n) is 81.8. The van der Waals surface area contributed by atoms with E-state index in [0.29, 0.717) is 33.7 Å². The summed E-state index contributed by atoms with van der Waals surface area (Å²) < 4.78 is 9.88. The molecule has 19 rings (SSSR count). The van der Waals surface area contributed by atoms with Crippen LogP contribution in [0.1, 0.15) is 54.4 Å². The molecule has 19 heteroatoms. The molecule has 7 fully saturated rings. The van der Waals surface area contributed by atoms with Crippen molar-refractivity contribution >= 4 is 71.2 Å². The largest absolute Gasteiger partial charge is 1.00 e. The molecule has 0 N–H and O–H groups in total. The standard InChI is InChI=1S/C19H17S.2C18H15S.C13H16NS.C12H15OS.2C7H17N2.C7H15NO.2C6H14N2.2BrH/c1-16-12-14-19(15-13-16)20(17-8-4-2-5-9-17)18-10-6-3-7-11-18;2*1-4-10-16(11-5-1)19(17-12-6-2-7-13-17)18-14-8-3-9-15-18;1-14-10-13(15-8-4-5-9-15)11-6-2-3-7-12(11)14;13-12(10-14-8-4-5-9-14)11-6-2-1-3-7-11;2*1-8-4-6-9(2,3)7-5-8;1-8-5-3-7(9-2)4-6-8;2*1-7-3-5-8(2)6-4-7;;/h2-15H,1H3;2*1-15H;2-3,6-7,10H,4-5,8-9H2,1H3;1-3,6-7H,4-5,8-10H2;2*4-7H2,1-3H3;7H,3-6H2,1-2H3;2*3-6H2,1-2H3;2*1H/q7*+1;;;;;/p-2. The number of halogens is 2. The molecule has 7 aliphatic heterocycles. The number of Topliss-reactive ketones (excluding diaryl/α,β-unsaturated/α-hetero) is 1. The molecule has 12 aromatic rings. The minimum atomic E-state index is -0.0229. The third kappa shape index (κ3) is 39.2. The Morgan fingerprint density at radius 1 is 0.326 bits per heavy atom. The Kier molecular flexibility index (Phi) is 50.5. The van der Waals surface area contributed by atoms with Crippen LogP contribution in [0.3, 0.4) is 0 Å². The summed E-state index contributed by atoms with van der Waals surface area (Å²) >= 11 is 0. The van der Waals surface area contributed by atoms with E-state index in [9.17, 15) is 4.79 Å². The van der Waals surface area contributed by atoms with E-state index in [1.165, 1.54) is 249 Å². The van der Waals surface area contributed by atoms with E-state index in [2.05, 4.69) is 428 Å². The van der Waals surface area contributed by atoms with Gasteiger partial charge in [0.25, 0.3) is 0 Å². The number of rotatable bonds is 14. The fourth-order valence-corrected chi connectivity index (χ4v) is 26.8. The van der Waals surface area contributed by atoms with E-state index in [0.717, 1.165) is 11.3 Å². The second-order valence-corrected chi connectivity index (χ2v) is 47.1. The Morgan fingerprint density at radius 2 is 0.576 bits per heavy atom. The van der Waals surface area contributed by atoms with E-state index in [1.807, 2.05) is 30.3 Å². The molecule has 1 aromatic heterocycles. The molecule has 11 aromatic carbocycles. The van der Waals surface area contributed by atoms with Crippen molar-refractivity contribution < 1.29 is 52.5 Å². The highest BCUT2D eigenvalue weighted by molar-refractivity contribution is 7.98. The van der Waals surface area contributed by atoms with Gasteiger partial charge in [0, 0.05) is 122 Å². The first kappa shape index (κ1) is 110. The summed E-state index contributed by atoms with van der Waals surface area (Å²) in [6, 6.07) is 113. The average Bonchev–Trinajstić information content (AvgIpc) is 1.66. The van der Waals surface area contributed by atoms with Crippen LogP contribution >= 0.6 is 0 Å². The number of hydrogen-bond acceptors (Lipinski definition) is 9. The number of benzene rings is 11. The van der Waals surface area contributed by atoms with Crippen LogP contribution in [0.5, 0.6) is 0 Å². The molecule has 0 aliphatic carbocycles. The highest BCUT2D eigenvalue weighted by Gasteiger charge is 2.34. The van der Waals surface area contributed by atoms with Gasteiger partial charge in [0.15, 0.2) is 54.7 Å². The highest BCUT2D eigenvalue weighted by atomic mass is 79.9. The molecule has 0 saturated carbocycles. The quantitative estimate of drug-likeness (QED) is 0.0602. The van der Waals surface area contributed by atoms with Gasteiger partial charge in [-0.05, 0) is 227 Å². The number of methoxy groups -OCH3 is 1. The molecule has 8 heterocycles. The first-order valence-electron chi connectivity index (χ1n) is 47.2. The van der Waals surface area contributed by atoms with Crippen LogP contribution in [0.2, 0.25) is 0 Å². The van der Waals surface area contributed by atoms with Crippen LogP contribution in [0.25, 0.3) is 10.9 Å². The summed E-state index contributed by atoms with van der Waals surface area (Å²) in [7, 11) is 29.3. The molecule has 7 aliphatic rings. The van der Waals surface area contributed by atoms with Crippen molar-refractivity contribution in [2.45, 2.75) is 101 Å². The number of piperazine rings is 4. The van der Waals surface area contributed by atoms with Crippen molar-refractivity contribution in [3.63, 3.8) is 0 Å². The maximum Gasteiger partial charge on any atom is 0.211 e. The van der Waals surface area contributed by atoms with E-state index < -0.39 is 0 Å². The predicted molar refractivity (Wildman–Crippen MR) is 565 cm³/mol. The van der Waals surface area contributed by atoms with Crippen LogP contribution in [0.4, 0.5) is 0 Å². The monoisotopic (exact) mass is 2000 g/mol. The molecule has 0 amide bonds. The number of likely N-dealkylation sites (N-methyl/N-ethyl adjacent to an activating group) is 8. The lowest BCUT2D eigenvalue weighted by Crippen LogP contribution is -3.00. The minimum absolute atomic E-state index is 0. The predicted octanol–water partition coefficient (Wildman–Crippen LogP) is 14.4. The van der Waals surface area contributed by atoms with E-state index in [-0.39, 0.29) is 66.6 Å². The lowest BCUT2D eigenvalue weighted by atomic mass is 10.1. The fourth-order valence-electron chi connectivity index (χ4n) is 15.8. The van der Waals surface area contributed by atoms with Crippen LogP contribution in [0.15, 0.2) is 377 Å². The SMILES string of the molecule is CN1CCN(C)CC1.CN1CCN(C)CC1.CN1CC[N+](C)(C)CC1.CN1CC[N+](C)(C)CC1.COC1CCN(C)CC1.Cc1ccc([S+](c2ccccc2)c2ccccc2)cc1.Cn1cc([S+]2CCCC2)c2ccccc21.O=C(C[S+]1CCCC1)c1ccccc1.[Br-].[Br-].c1ccc([S+](c2ccccc2)c2ccccc2)cc1.c1ccc([S+](c2ccccc2)c2ccccc2)cc1. The van der Waals surface area contributed by atoms with Crippen LogP contribution in [-0.2, 0) is 66.3 Å². The number of carbonyl (C=O) groups is 1. The molecule has 0 radical (unpaired) electrons. The Hall–Kier alpha value is -7.06. The lowest BCUT2D eigenvalue weighted by molar-refractivity contribution is -0.894. The zero-order valence-corrected chi connectivity index (χ0v) is 89.1. The maximum absolute atomic E-state index is 11.8. The highest BCUT2D eigenvalue weighted by Crippen LogP contribution is 2.35. The molecule has 0 spiro atoms. The Bertz CT molecular complexity index is 4560. The fraction of sp³-hybridized carbons (Fsp3) is 0.389. The number of hydrogen-bond donors (Lipinski definition) is 0. The number of aromatic nitrogens is 1. The number of carbonyl (C=O) groups excluding carboxylic acids is 1. The Morgan fingerprint density at radius 3 is 0.864 bits per heavy atom. The summed E-state index contributed by atoms with van der Waals surface area (Å²) in [6.07, 6.45) is 10.8. The first-order chi connectivity index (χ1) is 63.1. The summed E-state index contributed by atoms with van der Waals surface area (Å²) in [4.78, 5) is 42.2. The molecular weight excluding hydrogens is 1850 g/mol. The van der Waals surface area contributed by atoms with E-state index in [4.69, 9.17) is 4.74 Å². The van der Waals surface area contributed by atoms with Crippen LogP contribution in [0, 0.1) is 6.92 Å². The summed E-state index contributed by atoms with van der Waals surface area (Å²) in [5, 5.41) is 1.48. The third-order valence-electron chi connectivity index (χ3n) is 24.6. The van der Waals surface area contributed by atoms with Gasteiger partial charge < -0.3 is 76.7 Å². The first-order valence-corrected chi connectivity index (χ1v) is 54.1. The van der Waals surface area contributed by atoms with Crippen molar-refractivity contribution in [1.82, 2.24) is 38.9 Å². The van der Waals surface area contributed by atoms with Crippen LogP contribution in [-0.4, -0.2) is 291 Å². The smallest absolute Gasteiger partial charge is 0.211 e. The number of para-hydroxylation sites is 1. The topological polar surface area (TPSA) is 53.9 Å². The van der Waals surface area contributed by atoms with Crippen molar-refractivity contribution in [2.75, 3.05) is 231 Å². The zero-order chi connectivity index (χ0) is 92.1. The summed E-state index contributed by atoms with van der Waals surface area (Å²) in [6.45, 7) is 24.6. The van der Waals surface area contributed by atoms with Crippen molar-refractivity contribution in [3.05, 3.63) is 339 Å². The molecule has 132 heavy (non-hydrogen) atoms. The number of ketones is 1.